The molecular formula is C18H18F2N2O3S. The molecule has 2 aromatic carbocycles. The summed E-state index contributed by atoms with van der Waals surface area (Å²) in [7, 11) is -4.30. The molecule has 2 aromatic rings. The Kier molecular flexibility index (Phi) is 5.06. The van der Waals surface area contributed by atoms with Crippen LogP contribution in [-0.2, 0) is 10.0 Å². The first kappa shape index (κ1) is 18.5. The molecule has 1 amide bonds. The van der Waals surface area contributed by atoms with E-state index < -0.39 is 26.6 Å². The first-order valence-corrected chi connectivity index (χ1v) is 9.55. The van der Waals surface area contributed by atoms with Gasteiger partial charge in [0.15, 0.2) is 4.90 Å². The minimum Gasteiger partial charge on any atom is -0.336 e. The maximum absolute atomic E-state index is 13.8. The van der Waals surface area contributed by atoms with Crippen LogP contribution in [0.2, 0.25) is 0 Å². The molecule has 3 rings (SSSR count). The Labute approximate surface area is 150 Å². The van der Waals surface area contributed by atoms with Gasteiger partial charge in [0.1, 0.15) is 11.6 Å². The zero-order valence-corrected chi connectivity index (χ0v) is 15.0. The fraction of sp³-hybridized carbons (Fsp3) is 0.278. The molecule has 8 heteroatoms. The molecule has 0 spiro atoms. The highest BCUT2D eigenvalue weighted by atomic mass is 32.2. The lowest BCUT2D eigenvalue weighted by Crippen LogP contribution is -2.50. The number of benzene rings is 2. The zero-order valence-electron chi connectivity index (χ0n) is 14.2. The van der Waals surface area contributed by atoms with Crippen LogP contribution in [0.4, 0.5) is 8.78 Å². The third-order valence-electron chi connectivity index (χ3n) is 4.34. The predicted molar refractivity (Wildman–Crippen MR) is 92.2 cm³/mol. The SMILES string of the molecule is Cc1ccc(C(=O)N2CCN(S(=O)(=O)c3c(F)cccc3F)CC2)cc1. The molecule has 0 bridgehead atoms. The van der Waals surface area contributed by atoms with Gasteiger partial charge in [-0.05, 0) is 31.2 Å². The van der Waals surface area contributed by atoms with Crippen LogP contribution >= 0.6 is 0 Å². The number of amides is 1. The molecule has 1 heterocycles. The van der Waals surface area contributed by atoms with Crippen LogP contribution in [0.25, 0.3) is 0 Å². The number of carbonyl (C=O) groups excluding carboxylic acids is 1. The van der Waals surface area contributed by atoms with Gasteiger partial charge in [0.2, 0.25) is 10.0 Å². The molecule has 0 aromatic heterocycles. The topological polar surface area (TPSA) is 57.7 Å². The average molecular weight is 380 g/mol. The number of sulfonamides is 1. The molecular weight excluding hydrogens is 362 g/mol. The van der Waals surface area contributed by atoms with E-state index >= 15 is 0 Å². The Hall–Kier alpha value is -2.32. The number of rotatable bonds is 3. The first-order valence-electron chi connectivity index (χ1n) is 8.11. The number of carbonyl (C=O) groups is 1. The lowest BCUT2D eigenvalue weighted by molar-refractivity contribution is 0.0697. The van der Waals surface area contributed by atoms with Gasteiger partial charge in [-0.2, -0.15) is 4.31 Å². The van der Waals surface area contributed by atoms with E-state index in [9.17, 15) is 22.0 Å². The monoisotopic (exact) mass is 380 g/mol. The van der Waals surface area contributed by atoms with Crippen molar-refractivity contribution in [2.75, 3.05) is 26.2 Å². The summed E-state index contributed by atoms with van der Waals surface area (Å²) in [5.41, 5.74) is 1.55. The van der Waals surface area contributed by atoms with E-state index in [4.69, 9.17) is 0 Å². The lowest BCUT2D eigenvalue weighted by Gasteiger charge is -2.34. The Balaban J connectivity index is 1.74. The summed E-state index contributed by atoms with van der Waals surface area (Å²) < 4.78 is 53.8. The largest absolute Gasteiger partial charge is 0.336 e. The van der Waals surface area contributed by atoms with Gasteiger partial charge in [-0.1, -0.05) is 23.8 Å². The Bertz CT molecular complexity index is 902. The molecule has 0 aliphatic carbocycles. The van der Waals surface area contributed by atoms with Crippen LogP contribution in [0, 0.1) is 18.6 Å². The van der Waals surface area contributed by atoms with E-state index in [0.29, 0.717) is 5.56 Å². The van der Waals surface area contributed by atoms with Crippen molar-refractivity contribution < 1.29 is 22.0 Å². The maximum atomic E-state index is 13.8. The zero-order chi connectivity index (χ0) is 18.9. The quantitative estimate of drug-likeness (QED) is 0.822. The van der Waals surface area contributed by atoms with Crippen molar-refractivity contribution >= 4 is 15.9 Å². The third kappa shape index (κ3) is 3.47. The van der Waals surface area contributed by atoms with Gasteiger partial charge in [0.05, 0.1) is 0 Å². The number of hydrogen-bond acceptors (Lipinski definition) is 3. The smallest absolute Gasteiger partial charge is 0.253 e. The van der Waals surface area contributed by atoms with Gasteiger partial charge in [0, 0.05) is 31.7 Å². The molecule has 138 valence electrons. The second-order valence-electron chi connectivity index (χ2n) is 6.11. The standard InChI is InChI=1S/C18H18F2N2O3S/c1-13-5-7-14(8-6-13)18(23)21-9-11-22(12-10-21)26(24,25)17-15(19)3-2-4-16(17)20/h2-8H,9-12H2,1H3. The second-order valence-corrected chi connectivity index (χ2v) is 7.99. The van der Waals surface area contributed by atoms with Crippen molar-refractivity contribution in [1.29, 1.82) is 0 Å². The number of halogens is 2. The normalized spacial score (nSPS) is 15.9. The minimum absolute atomic E-state index is 0.0201. The van der Waals surface area contributed by atoms with Crippen molar-refractivity contribution in [2.45, 2.75) is 11.8 Å². The van der Waals surface area contributed by atoms with Gasteiger partial charge >= 0.3 is 0 Å². The summed E-state index contributed by atoms with van der Waals surface area (Å²) in [4.78, 5) is 13.1. The fourth-order valence-corrected chi connectivity index (χ4v) is 4.40. The molecule has 0 saturated carbocycles. The van der Waals surface area contributed by atoms with Crippen LogP contribution in [0.1, 0.15) is 15.9 Å². The van der Waals surface area contributed by atoms with Crippen LogP contribution in [0.5, 0.6) is 0 Å². The maximum Gasteiger partial charge on any atom is 0.253 e. The molecule has 0 unspecified atom stereocenters. The molecule has 1 fully saturated rings. The summed E-state index contributed by atoms with van der Waals surface area (Å²) in [5.74, 6) is -2.44. The summed E-state index contributed by atoms with van der Waals surface area (Å²) >= 11 is 0. The summed E-state index contributed by atoms with van der Waals surface area (Å²) in [5, 5.41) is 0. The van der Waals surface area contributed by atoms with E-state index in [1.807, 2.05) is 19.1 Å². The van der Waals surface area contributed by atoms with E-state index in [1.54, 1.807) is 12.1 Å². The van der Waals surface area contributed by atoms with Crippen molar-refractivity contribution in [3.8, 4) is 0 Å². The van der Waals surface area contributed by atoms with Crippen molar-refractivity contribution in [3.05, 3.63) is 65.2 Å². The average Bonchev–Trinajstić information content (AvgIpc) is 2.61. The van der Waals surface area contributed by atoms with E-state index in [2.05, 4.69) is 0 Å². The van der Waals surface area contributed by atoms with Crippen molar-refractivity contribution in [1.82, 2.24) is 9.21 Å². The number of aryl methyl sites for hydroxylation is 1. The highest BCUT2D eigenvalue weighted by molar-refractivity contribution is 7.89. The minimum atomic E-state index is -4.30. The van der Waals surface area contributed by atoms with E-state index in [-0.39, 0.29) is 32.1 Å². The summed E-state index contributed by atoms with van der Waals surface area (Å²) in [6.45, 7) is 2.19. The Morgan fingerprint density at radius 1 is 0.923 bits per heavy atom. The summed E-state index contributed by atoms with van der Waals surface area (Å²) in [6.07, 6.45) is 0. The van der Waals surface area contributed by atoms with Crippen LogP contribution in [-0.4, -0.2) is 49.7 Å². The Morgan fingerprint density at radius 3 is 2.00 bits per heavy atom. The lowest BCUT2D eigenvalue weighted by atomic mass is 10.1. The van der Waals surface area contributed by atoms with Crippen LogP contribution in [0.3, 0.4) is 0 Å². The van der Waals surface area contributed by atoms with Gasteiger partial charge in [-0.25, -0.2) is 17.2 Å². The third-order valence-corrected chi connectivity index (χ3v) is 6.29. The van der Waals surface area contributed by atoms with E-state index in [1.165, 1.54) is 4.90 Å². The highest BCUT2D eigenvalue weighted by Gasteiger charge is 2.34. The molecule has 0 atom stereocenters. The number of nitrogens with zero attached hydrogens (tertiary/aromatic N) is 2. The van der Waals surface area contributed by atoms with Gasteiger partial charge < -0.3 is 4.90 Å². The molecule has 0 N–H and O–H groups in total. The van der Waals surface area contributed by atoms with Gasteiger partial charge in [-0.15, -0.1) is 0 Å². The predicted octanol–water partition coefficient (Wildman–Crippen LogP) is 2.42. The van der Waals surface area contributed by atoms with E-state index in [0.717, 1.165) is 28.1 Å². The molecule has 0 radical (unpaired) electrons. The summed E-state index contributed by atoms with van der Waals surface area (Å²) in [6, 6.07) is 10.0. The highest BCUT2D eigenvalue weighted by Crippen LogP contribution is 2.24. The van der Waals surface area contributed by atoms with Gasteiger partial charge in [-0.3, -0.25) is 4.79 Å². The molecule has 1 saturated heterocycles. The molecule has 5 nitrogen and oxygen atoms in total. The molecule has 26 heavy (non-hydrogen) atoms. The molecule has 1 aliphatic heterocycles. The second kappa shape index (κ2) is 7.13. The number of hydrogen-bond donors (Lipinski definition) is 0. The van der Waals surface area contributed by atoms with Gasteiger partial charge in [0.25, 0.3) is 5.91 Å². The Morgan fingerprint density at radius 2 is 1.46 bits per heavy atom. The van der Waals surface area contributed by atoms with Crippen LogP contribution < -0.4 is 0 Å². The number of piperazine rings is 1. The van der Waals surface area contributed by atoms with Crippen LogP contribution in [0.15, 0.2) is 47.4 Å². The fourth-order valence-electron chi connectivity index (χ4n) is 2.87. The van der Waals surface area contributed by atoms with Crippen molar-refractivity contribution in [3.63, 3.8) is 0 Å². The first-order chi connectivity index (χ1) is 12.3. The molecule has 1 aliphatic rings. The van der Waals surface area contributed by atoms with Crippen molar-refractivity contribution in [2.24, 2.45) is 0 Å².